The molecular formula is C19H25F3O2. The summed E-state index contributed by atoms with van der Waals surface area (Å²) in [7, 11) is 0. The van der Waals surface area contributed by atoms with E-state index in [0.29, 0.717) is 17.0 Å². The molecule has 0 radical (unpaired) electrons. The second kappa shape index (κ2) is 5.87. The number of fused-ring (bicyclic) bond motifs is 1. The minimum Gasteiger partial charge on any atom is -0.292 e. The zero-order valence-electron chi connectivity index (χ0n) is 15.1. The van der Waals surface area contributed by atoms with Gasteiger partial charge in [-0.05, 0) is 52.8 Å². The molecule has 0 saturated heterocycles. The first-order valence-electron chi connectivity index (χ1n) is 8.15. The van der Waals surface area contributed by atoms with Gasteiger partial charge in [-0.1, -0.05) is 40.7 Å². The number of alkyl halides is 3. The van der Waals surface area contributed by atoms with Gasteiger partial charge in [0, 0.05) is 5.56 Å². The van der Waals surface area contributed by atoms with Crippen molar-refractivity contribution < 1.29 is 22.7 Å². The molecule has 1 atom stereocenters. The number of hydrogen-bond donors (Lipinski definition) is 0. The molecule has 0 spiro atoms. The highest BCUT2D eigenvalue weighted by atomic mass is 19.4. The van der Waals surface area contributed by atoms with Crippen LogP contribution < -0.4 is 0 Å². The van der Waals surface area contributed by atoms with Gasteiger partial charge in [0.25, 0.3) is 0 Å². The van der Waals surface area contributed by atoms with E-state index in [4.69, 9.17) is 0 Å². The summed E-state index contributed by atoms with van der Waals surface area (Å²) in [4.78, 5) is 12.2. The van der Waals surface area contributed by atoms with Crippen LogP contribution in [0.3, 0.4) is 0 Å². The Hall–Kier alpha value is -1.36. The molecule has 134 valence electrons. The molecular weight excluding hydrogens is 317 g/mol. The van der Waals surface area contributed by atoms with E-state index in [2.05, 4.69) is 39.4 Å². The summed E-state index contributed by atoms with van der Waals surface area (Å²) in [5.41, 5.74) is 3.07. The molecule has 0 fully saturated rings. The number of aryl methyl sites for hydroxylation is 1. The molecule has 0 aromatic heterocycles. The minimum absolute atomic E-state index is 0.0420. The first-order valence-corrected chi connectivity index (χ1v) is 8.15. The summed E-state index contributed by atoms with van der Waals surface area (Å²) in [5.74, 6) is -0.172. The van der Waals surface area contributed by atoms with Crippen molar-refractivity contribution in [2.24, 2.45) is 5.92 Å². The molecule has 1 unspecified atom stereocenters. The van der Waals surface area contributed by atoms with E-state index in [1.54, 1.807) is 13.0 Å². The predicted molar refractivity (Wildman–Crippen MR) is 87.3 cm³/mol. The molecule has 2 rings (SSSR count). The van der Waals surface area contributed by atoms with E-state index < -0.39 is 18.8 Å². The van der Waals surface area contributed by atoms with Gasteiger partial charge in [0.05, 0.1) is 0 Å². The summed E-state index contributed by atoms with van der Waals surface area (Å²) < 4.78 is 40.3. The third kappa shape index (κ3) is 3.51. The lowest BCUT2D eigenvalue weighted by molar-refractivity contribution is -0.318. The Morgan fingerprint density at radius 3 is 2.33 bits per heavy atom. The van der Waals surface area contributed by atoms with E-state index in [9.17, 15) is 18.0 Å². The molecule has 0 N–H and O–H groups in total. The first kappa shape index (κ1) is 19.0. The van der Waals surface area contributed by atoms with Crippen molar-refractivity contribution in [2.45, 2.75) is 65.2 Å². The van der Waals surface area contributed by atoms with Gasteiger partial charge in [0.2, 0.25) is 0 Å². The van der Waals surface area contributed by atoms with Crippen LogP contribution in [0.5, 0.6) is 0 Å². The smallest absolute Gasteiger partial charge is 0.292 e. The van der Waals surface area contributed by atoms with E-state index in [0.717, 1.165) is 12.0 Å². The Morgan fingerprint density at radius 2 is 1.79 bits per heavy atom. The quantitative estimate of drug-likeness (QED) is 0.696. The topological polar surface area (TPSA) is 26.3 Å². The maximum atomic E-state index is 12.2. The Morgan fingerprint density at radius 1 is 1.21 bits per heavy atom. The number of carbonyl (C=O) groups excluding carboxylic acids is 1. The van der Waals surface area contributed by atoms with Crippen LogP contribution in [0.2, 0.25) is 0 Å². The van der Waals surface area contributed by atoms with Crippen LogP contribution in [-0.2, 0) is 15.6 Å². The highest BCUT2D eigenvalue weighted by molar-refractivity contribution is 5.98. The van der Waals surface area contributed by atoms with Crippen molar-refractivity contribution >= 4 is 5.78 Å². The van der Waals surface area contributed by atoms with Crippen LogP contribution in [0.4, 0.5) is 13.2 Å². The van der Waals surface area contributed by atoms with Crippen molar-refractivity contribution in [1.82, 2.24) is 0 Å². The van der Waals surface area contributed by atoms with Crippen LogP contribution in [0.15, 0.2) is 12.1 Å². The van der Waals surface area contributed by atoms with Gasteiger partial charge < -0.3 is 0 Å². The lowest BCUT2D eigenvalue weighted by Crippen LogP contribution is -2.40. The number of Topliss-reactive ketones (excluding diaryl/α,β-unsaturated/α-hetero) is 1. The molecule has 0 saturated carbocycles. The molecule has 0 heterocycles. The second-order valence-corrected chi connectivity index (χ2v) is 8.08. The predicted octanol–water partition coefficient (Wildman–Crippen LogP) is 5.31. The fourth-order valence-electron chi connectivity index (χ4n) is 3.72. The fourth-order valence-corrected chi connectivity index (χ4v) is 3.72. The Bertz CT molecular complexity index is 657. The molecule has 0 bridgehead atoms. The van der Waals surface area contributed by atoms with Crippen LogP contribution in [0, 0.1) is 12.8 Å². The average molecular weight is 342 g/mol. The van der Waals surface area contributed by atoms with Crippen LogP contribution >= 0.6 is 0 Å². The maximum absolute atomic E-state index is 12.2. The number of hydrogen-bond acceptors (Lipinski definition) is 2. The lowest BCUT2D eigenvalue weighted by atomic mass is 9.58. The van der Waals surface area contributed by atoms with Crippen LogP contribution in [0.25, 0.3) is 0 Å². The van der Waals surface area contributed by atoms with Gasteiger partial charge >= 0.3 is 6.36 Å². The molecule has 0 aliphatic heterocycles. The standard InChI is InChI=1S/C19H25F3O2/c1-11-7-15-14(17(3,4)9-12(2)18(15,5)6)8-13(11)16(23)10-24-19(20,21)22/h7-8,12H,9-10H2,1-6H3. The molecule has 1 aromatic rings. The van der Waals surface area contributed by atoms with Crippen molar-refractivity contribution in [3.05, 3.63) is 34.4 Å². The van der Waals surface area contributed by atoms with E-state index in [1.807, 2.05) is 6.07 Å². The fraction of sp³-hybridized carbons (Fsp3) is 0.632. The van der Waals surface area contributed by atoms with Crippen molar-refractivity contribution in [3.63, 3.8) is 0 Å². The van der Waals surface area contributed by atoms with Crippen molar-refractivity contribution in [1.29, 1.82) is 0 Å². The molecule has 1 aliphatic carbocycles. The third-order valence-corrected chi connectivity index (χ3v) is 5.50. The third-order valence-electron chi connectivity index (χ3n) is 5.50. The van der Waals surface area contributed by atoms with Gasteiger partial charge in [-0.15, -0.1) is 13.2 Å². The molecule has 1 aliphatic rings. The Balaban J connectivity index is 2.47. The van der Waals surface area contributed by atoms with Crippen molar-refractivity contribution in [2.75, 3.05) is 6.61 Å². The zero-order valence-corrected chi connectivity index (χ0v) is 15.1. The number of ketones is 1. The number of benzene rings is 1. The van der Waals surface area contributed by atoms with Crippen molar-refractivity contribution in [3.8, 4) is 0 Å². The molecule has 24 heavy (non-hydrogen) atoms. The average Bonchev–Trinajstić information content (AvgIpc) is 2.41. The van der Waals surface area contributed by atoms with Gasteiger partial charge in [0.15, 0.2) is 5.78 Å². The van der Waals surface area contributed by atoms with Gasteiger partial charge in [0.1, 0.15) is 6.61 Å². The summed E-state index contributed by atoms with van der Waals surface area (Å²) in [5, 5.41) is 0. The van der Waals surface area contributed by atoms with Gasteiger partial charge in [-0.3, -0.25) is 9.53 Å². The molecule has 0 amide bonds. The maximum Gasteiger partial charge on any atom is 0.522 e. The Labute approximate surface area is 141 Å². The number of rotatable bonds is 3. The minimum atomic E-state index is -4.80. The SMILES string of the molecule is Cc1cc2c(cc1C(=O)COC(F)(F)F)C(C)(C)CC(C)C2(C)C. The number of halogens is 3. The number of carbonyl (C=O) groups is 1. The first-order chi connectivity index (χ1) is 10.8. The Kier molecular flexibility index (Phi) is 4.64. The van der Waals surface area contributed by atoms with E-state index >= 15 is 0 Å². The lowest BCUT2D eigenvalue weighted by Gasteiger charge is -2.47. The zero-order chi connectivity index (χ0) is 18.5. The van der Waals surface area contributed by atoms with Gasteiger partial charge in [-0.25, -0.2) is 0 Å². The summed E-state index contributed by atoms with van der Waals surface area (Å²) in [6, 6.07) is 3.74. The molecule has 1 aromatic carbocycles. The summed E-state index contributed by atoms with van der Waals surface area (Å²) >= 11 is 0. The second-order valence-electron chi connectivity index (χ2n) is 8.08. The highest BCUT2D eigenvalue weighted by Gasteiger charge is 2.42. The number of ether oxygens (including phenoxy) is 1. The molecule has 2 nitrogen and oxygen atoms in total. The van der Waals surface area contributed by atoms with Gasteiger partial charge in [-0.2, -0.15) is 0 Å². The highest BCUT2D eigenvalue weighted by Crippen LogP contribution is 2.49. The normalized spacial score (nSPS) is 22.1. The largest absolute Gasteiger partial charge is 0.522 e. The molecule has 5 heteroatoms. The summed E-state index contributed by atoms with van der Waals surface area (Å²) in [6.07, 6.45) is -3.84. The van der Waals surface area contributed by atoms with Crippen LogP contribution in [-0.4, -0.2) is 18.8 Å². The summed E-state index contributed by atoms with van der Waals surface area (Å²) in [6.45, 7) is 11.6. The van der Waals surface area contributed by atoms with E-state index in [1.165, 1.54) is 5.56 Å². The van der Waals surface area contributed by atoms with E-state index in [-0.39, 0.29) is 10.8 Å². The monoisotopic (exact) mass is 342 g/mol. The van der Waals surface area contributed by atoms with Crippen LogP contribution in [0.1, 0.15) is 68.1 Å².